The second-order valence-electron chi connectivity index (χ2n) is 6.65. The first-order chi connectivity index (χ1) is 12.7. The third-order valence-corrected chi connectivity index (χ3v) is 4.65. The Labute approximate surface area is 153 Å². The third kappa shape index (κ3) is 3.31. The first-order valence-corrected chi connectivity index (χ1v) is 8.89. The molecule has 2 heterocycles. The molecule has 0 spiro atoms. The van der Waals surface area contributed by atoms with Crippen molar-refractivity contribution in [3.63, 3.8) is 0 Å². The van der Waals surface area contributed by atoms with Crippen LogP contribution >= 0.6 is 0 Å². The molecule has 1 aliphatic rings. The molecule has 130 valence electrons. The van der Waals surface area contributed by atoms with Crippen LogP contribution in [0.2, 0.25) is 0 Å². The standard InChI is InChI=1S/C22H21N3O/c1-16-6-4-9-19(12-16)24-20-13-18(14-23-15-20)22(26)25-11-5-8-17-7-2-3-10-21(17)25/h2-4,6-7,9-10,12-15,24H,5,8,11H2,1H3. The Morgan fingerprint density at radius 3 is 2.81 bits per heavy atom. The second-order valence-corrected chi connectivity index (χ2v) is 6.65. The molecule has 2 aromatic carbocycles. The van der Waals surface area contributed by atoms with Crippen LogP contribution in [0.25, 0.3) is 0 Å². The van der Waals surface area contributed by atoms with Gasteiger partial charge in [-0.2, -0.15) is 0 Å². The maximum atomic E-state index is 13.1. The number of hydrogen-bond donors (Lipinski definition) is 1. The lowest BCUT2D eigenvalue weighted by Gasteiger charge is -2.29. The summed E-state index contributed by atoms with van der Waals surface area (Å²) in [4.78, 5) is 19.2. The number of fused-ring (bicyclic) bond motifs is 1. The molecular formula is C22H21N3O. The number of anilines is 3. The Morgan fingerprint density at radius 1 is 1.04 bits per heavy atom. The maximum absolute atomic E-state index is 13.1. The Kier molecular flexibility index (Phi) is 4.40. The summed E-state index contributed by atoms with van der Waals surface area (Å²) in [6, 6.07) is 18.1. The molecule has 4 heteroatoms. The van der Waals surface area contributed by atoms with Crippen LogP contribution < -0.4 is 10.2 Å². The van der Waals surface area contributed by atoms with Crippen molar-refractivity contribution in [3.05, 3.63) is 83.7 Å². The molecule has 4 nitrogen and oxygen atoms in total. The quantitative estimate of drug-likeness (QED) is 0.748. The van der Waals surface area contributed by atoms with Crippen LogP contribution in [0.15, 0.2) is 67.0 Å². The van der Waals surface area contributed by atoms with Crippen LogP contribution in [0.3, 0.4) is 0 Å². The van der Waals surface area contributed by atoms with E-state index >= 15 is 0 Å². The molecular weight excluding hydrogens is 322 g/mol. The third-order valence-electron chi connectivity index (χ3n) is 4.65. The number of aromatic nitrogens is 1. The molecule has 1 amide bonds. The number of rotatable bonds is 3. The SMILES string of the molecule is Cc1cccc(Nc2cncc(C(=O)N3CCCc4ccccc43)c2)c1. The number of nitrogens with one attached hydrogen (secondary N) is 1. The fourth-order valence-electron chi connectivity index (χ4n) is 3.42. The topological polar surface area (TPSA) is 45.2 Å². The van der Waals surface area contributed by atoms with E-state index < -0.39 is 0 Å². The molecule has 1 N–H and O–H groups in total. The van der Waals surface area contributed by atoms with Crippen LogP contribution in [0, 0.1) is 6.92 Å². The zero-order valence-corrected chi connectivity index (χ0v) is 14.8. The van der Waals surface area contributed by atoms with Gasteiger partial charge < -0.3 is 10.2 Å². The van der Waals surface area contributed by atoms with E-state index in [0.717, 1.165) is 36.4 Å². The highest BCUT2D eigenvalue weighted by molar-refractivity contribution is 6.07. The van der Waals surface area contributed by atoms with E-state index in [-0.39, 0.29) is 5.91 Å². The van der Waals surface area contributed by atoms with Crippen LogP contribution in [0.4, 0.5) is 17.1 Å². The van der Waals surface area contributed by atoms with Gasteiger partial charge in [0.25, 0.3) is 5.91 Å². The minimum Gasteiger partial charge on any atom is -0.354 e. The number of carbonyl (C=O) groups is 1. The number of benzene rings is 2. The minimum atomic E-state index is -0.00228. The number of pyridine rings is 1. The van der Waals surface area contributed by atoms with E-state index in [1.165, 1.54) is 11.1 Å². The van der Waals surface area contributed by atoms with Gasteiger partial charge in [-0.3, -0.25) is 9.78 Å². The molecule has 3 aromatic rings. The summed E-state index contributed by atoms with van der Waals surface area (Å²) in [5.41, 5.74) is 5.82. The van der Waals surface area contributed by atoms with E-state index in [0.29, 0.717) is 5.56 Å². The van der Waals surface area contributed by atoms with Crippen LogP contribution in [-0.4, -0.2) is 17.4 Å². The molecule has 1 aliphatic heterocycles. The van der Waals surface area contributed by atoms with E-state index in [1.807, 2.05) is 41.3 Å². The normalized spacial score (nSPS) is 13.2. The summed E-state index contributed by atoms with van der Waals surface area (Å²) in [5, 5.41) is 3.33. The number of hydrogen-bond acceptors (Lipinski definition) is 3. The highest BCUT2D eigenvalue weighted by atomic mass is 16.2. The molecule has 26 heavy (non-hydrogen) atoms. The van der Waals surface area contributed by atoms with E-state index in [4.69, 9.17) is 0 Å². The number of para-hydroxylation sites is 1. The molecule has 1 aromatic heterocycles. The van der Waals surface area contributed by atoms with Gasteiger partial charge in [0.2, 0.25) is 0 Å². The van der Waals surface area contributed by atoms with Gasteiger partial charge >= 0.3 is 0 Å². The maximum Gasteiger partial charge on any atom is 0.259 e. The van der Waals surface area contributed by atoms with Gasteiger partial charge in [-0.1, -0.05) is 30.3 Å². The molecule has 0 bridgehead atoms. The van der Waals surface area contributed by atoms with Gasteiger partial charge in [-0.15, -0.1) is 0 Å². The van der Waals surface area contributed by atoms with Crippen molar-refractivity contribution in [2.75, 3.05) is 16.8 Å². The zero-order chi connectivity index (χ0) is 17.9. The molecule has 0 fully saturated rings. The average Bonchev–Trinajstić information content (AvgIpc) is 2.67. The van der Waals surface area contributed by atoms with Gasteiger partial charge in [-0.25, -0.2) is 0 Å². The van der Waals surface area contributed by atoms with Crippen molar-refractivity contribution in [2.45, 2.75) is 19.8 Å². The molecule has 0 saturated carbocycles. The highest BCUT2D eigenvalue weighted by Crippen LogP contribution is 2.28. The van der Waals surface area contributed by atoms with E-state index in [9.17, 15) is 4.79 Å². The summed E-state index contributed by atoms with van der Waals surface area (Å²) in [6.45, 7) is 2.79. The van der Waals surface area contributed by atoms with Crippen LogP contribution in [-0.2, 0) is 6.42 Å². The minimum absolute atomic E-state index is 0.00228. The molecule has 0 radical (unpaired) electrons. The first-order valence-electron chi connectivity index (χ1n) is 8.89. The Hall–Kier alpha value is -3.14. The van der Waals surface area contributed by atoms with E-state index in [2.05, 4.69) is 35.4 Å². The molecule has 0 saturated heterocycles. The molecule has 4 rings (SSSR count). The molecule has 0 aliphatic carbocycles. The lowest BCUT2D eigenvalue weighted by Crippen LogP contribution is -2.35. The summed E-state index contributed by atoms with van der Waals surface area (Å²) in [6.07, 6.45) is 5.38. The monoisotopic (exact) mass is 343 g/mol. The second kappa shape index (κ2) is 7.00. The van der Waals surface area contributed by atoms with Gasteiger partial charge in [0, 0.05) is 24.1 Å². The predicted octanol–water partition coefficient (Wildman–Crippen LogP) is 4.73. The molecule has 0 unspecified atom stereocenters. The van der Waals surface area contributed by atoms with Gasteiger partial charge in [0.05, 0.1) is 17.4 Å². The summed E-state index contributed by atoms with van der Waals surface area (Å²) < 4.78 is 0. The van der Waals surface area contributed by atoms with Crippen molar-refractivity contribution in [1.82, 2.24) is 4.98 Å². The Bertz CT molecular complexity index is 951. The summed E-state index contributed by atoms with van der Waals surface area (Å²) >= 11 is 0. The van der Waals surface area contributed by atoms with Crippen molar-refractivity contribution < 1.29 is 4.79 Å². The molecule has 0 atom stereocenters. The van der Waals surface area contributed by atoms with Crippen molar-refractivity contribution in [3.8, 4) is 0 Å². The lowest BCUT2D eigenvalue weighted by molar-refractivity contribution is 0.0985. The Morgan fingerprint density at radius 2 is 1.92 bits per heavy atom. The average molecular weight is 343 g/mol. The largest absolute Gasteiger partial charge is 0.354 e. The van der Waals surface area contributed by atoms with Gasteiger partial charge in [-0.05, 0) is 55.2 Å². The van der Waals surface area contributed by atoms with E-state index in [1.54, 1.807) is 12.4 Å². The summed E-state index contributed by atoms with van der Waals surface area (Å²) in [5.74, 6) is -0.00228. The smallest absolute Gasteiger partial charge is 0.259 e. The first kappa shape index (κ1) is 16.3. The lowest BCUT2D eigenvalue weighted by atomic mass is 10.0. The van der Waals surface area contributed by atoms with Gasteiger partial charge in [0.15, 0.2) is 0 Å². The van der Waals surface area contributed by atoms with Gasteiger partial charge in [0.1, 0.15) is 0 Å². The van der Waals surface area contributed by atoms with Crippen molar-refractivity contribution in [2.24, 2.45) is 0 Å². The number of nitrogens with zero attached hydrogens (tertiary/aromatic N) is 2. The fraction of sp³-hybridized carbons (Fsp3) is 0.182. The van der Waals surface area contributed by atoms with Crippen molar-refractivity contribution in [1.29, 1.82) is 0 Å². The summed E-state index contributed by atoms with van der Waals surface area (Å²) in [7, 11) is 0. The Balaban J connectivity index is 1.60. The highest BCUT2D eigenvalue weighted by Gasteiger charge is 2.23. The fourth-order valence-corrected chi connectivity index (χ4v) is 3.42. The van der Waals surface area contributed by atoms with Crippen LogP contribution in [0.1, 0.15) is 27.9 Å². The zero-order valence-electron chi connectivity index (χ0n) is 14.8. The predicted molar refractivity (Wildman–Crippen MR) is 105 cm³/mol. The number of carbonyl (C=O) groups excluding carboxylic acids is 1. The van der Waals surface area contributed by atoms with Crippen molar-refractivity contribution >= 4 is 23.0 Å². The van der Waals surface area contributed by atoms with Crippen LogP contribution in [0.5, 0.6) is 0 Å². The number of aryl methyl sites for hydroxylation is 2. The number of amides is 1.